The number of aryl methyl sites for hydroxylation is 1. The molecule has 0 saturated carbocycles. The summed E-state index contributed by atoms with van der Waals surface area (Å²) < 4.78 is 12.9. The molecule has 4 nitrogen and oxygen atoms in total. The molecule has 0 spiro atoms. The number of carbonyl (C=O) groups is 1. The zero-order valence-corrected chi connectivity index (χ0v) is 15.4. The predicted molar refractivity (Wildman–Crippen MR) is 102 cm³/mol. The van der Waals surface area contributed by atoms with Gasteiger partial charge in [0.2, 0.25) is 0 Å². The minimum Gasteiger partial charge on any atom is -0.321 e. The summed E-state index contributed by atoms with van der Waals surface area (Å²) in [6, 6.07) is 13.7. The summed E-state index contributed by atoms with van der Waals surface area (Å²) in [6.07, 6.45) is 1.41. The van der Waals surface area contributed by atoms with Crippen LogP contribution in [0.2, 0.25) is 5.02 Å². The number of amides is 1. The van der Waals surface area contributed by atoms with Crippen molar-refractivity contribution in [1.29, 1.82) is 0 Å². The maximum Gasteiger partial charge on any atom is 0.275 e. The van der Waals surface area contributed by atoms with Gasteiger partial charge in [-0.1, -0.05) is 47.6 Å². The van der Waals surface area contributed by atoms with Crippen LogP contribution >= 0.6 is 23.4 Å². The maximum absolute atomic E-state index is 12.9. The molecule has 0 bridgehead atoms. The molecule has 0 aliphatic carbocycles. The van der Waals surface area contributed by atoms with Crippen molar-refractivity contribution >= 4 is 35.0 Å². The van der Waals surface area contributed by atoms with Crippen LogP contribution in [0.25, 0.3) is 0 Å². The Morgan fingerprint density at radius 2 is 2.00 bits per heavy atom. The lowest BCUT2D eigenvalue weighted by Crippen LogP contribution is -2.15. The van der Waals surface area contributed by atoms with Gasteiger partial charge in [0, 0.05) is 11.4 Å². The highest BCUT2D eigenvalue weighted by atomic mass is 35.5. The van der Waals surface area contributed by atoms with E-state index in [-0.39, 0.29) is 16.5 Å². The third-order valence-corrected chi connectivity index (χ3v) is 4.70. The Hall–Kier alpha value is -2.44. The molecule has 2 aromatic carbocycles. The molecule has 0 saturated heterocycles. The van der Waals surface area contributed by atoms with Crippen molar-refractivity contribution in [3.8, 4) is 0 Å². The Morgan fingerprint density at radius 3 is 2.73 bits per heavy atom. The lowest BCUT2D eigenvalue weighted by atomic mass is 10.2. The molecule has 7 heteroatoms. The smallest absolute Gasteiger partial charge is 0.275 e. The largest absolute Gasteiger partial charge is 0.321 e. The third-order valence-electron chi connectivity index (χ3n) is 3.49. The van der Waals surface area contributed by atoms with E-state index >= 15 is 0 Å². The second-order valence-electron chi connectivity index (χ2n) is 5.59. The zero-order chi connectivity index (χ0) is 18.5. The van der Waals surface area contributed by atoms with Gasteiger partial charge in [-0.05, 0) is 42.3 Å². The Kier molecular flexibility index (Phi) is 5.85. The van der Waals surface area contributed by atoms with Gasteiger partial charge in [-0.2, -0.15) is 0 Å². The molecule has 132 valence electrons. The Balaban J connectivity index is 1.72. The van der Waals surface area contributed by atoms with Crippen molar-refractivity contribution in [2.45, 2.75) is 17.8 Å². The number of anilines is 1. The van der Waals surface area contributed by atoms with E-state index in [9.17, 15) is 9.18 Å². The summed E-state index contributed by atoms with van der Waals surface area (Å²) in [5.74, 6) is -0.121. The highest BCUT2D eigenvalue weighted by Crippen LogP contribution is 2.23. The van der Waals surface area contributed by atoms with Crippen LogP contribution in [0.3, 0.4) is 0 Å². The Bertz CT molecular complexity index is 934. The van der Waals surface area contributed by atoms with Crippen LogP contribution in [0.1, 0.15) is 21.6 Å². The molecule has 0 radical (unpaired) electrons. The first kappa shape index (κ1) is 18.4. The number of nitrogens with one attached hydrogen (secondary N) is 1. The van der Waals surface area contributed by atoms with Crippen LogP contribution < -0.4 is 5.32 Å². The van der Waals surface area contributed by atoms with Crippen molar-refractivity contribution in [2.75, 3.05) is 5.32 Å². The molecular formula is C19H15ClFN3OS. The predicted octanol–water partition coefficient (Wildman–Crippen LogP) is 5.12. The summed E-state index contributed by atoms with van der Waals surface area (Å²) >= 11 is 7.43. The molecular weight excluding hydrogens is 373 g/mol. The zero-order valence-electron chi connectivity index (χ0n) is 13.9. The van der Waals surface area contributed by atoms with Crippen LogP contribution in [0.15, 0.2) is 59.9 Å². The first-order valence-corrected chi connectivity index (χ1v) is 9.15. The van der Waals surface area contributed by atoms with Crippen molar-refractivity contribution in [2.24, 2.45) is 0 Å². The molecule has 26 heavy (non-hydrogen) atoms. The number of thioether (sulfide) groups is 1. The summed E-state index contributed by atoms with van der Waals surface area (Å²) in [4.78, 5) is 20.9. The van der Waals surface area contributed by atoms with E-state index < -0.39 is 5.91 Å². The number of hydrogen-bond acceptors (Lipinski definition) is 4. The van der Waals surface area contributed by atoms with Gasteiger partial charge in [0.05, 0.1) is 11.2 Å². The molecule has 3 rings (SSSR count). The highest BCUT2D eigenvalue weighted by molar-refractivity contribution is 7.98. The molecule has 0 fully saturated rings. The van der Waals surface area contributed by atoms with Crippen molar-refractivity contribution in [3.05, 3.63) is 82.4 Å². The Labute approximate surface area is 159 Å². The number of benzene rings is 2. The lowest BCUT2D eigenvalue weighted by Gasteiger charge is -2.08. The Morgan fingerprint density at radius 1 is 1.23 bits per heavy atom. The number of nitrogens with zero attached hydrogens (tertiary/aromatic N) is 2. The van der Waals surface area contributed by atoms with Crippen LogP contribution in [-0.4, -0.2) is 15.9 Å². The standard InChI is InChI=1S/C19H15ClFN3OS/c1-12-3-2-4-15(9-12)23-18(25)17-16(20)10-22-19(24-17)26-11-13-5-7-14(21)8-6-13/h2-10H,11H2,1H3,(H,23,25). The fourth-order valence-corrected chi connectivity index (χ4v) is 3.17. The summed E-state index contributed by atoms with van der Waals surface area (Å²) in [6.45, 7) is 1.94. The monoisotopic (exact) mass is 387 g/mol. The average Bonchev–Trinajstić information content (AvgIpc) is 2.62. The molecule has 1 heterocycles. The van der Waals surface area contributed by atoms with Gasteiger partial charge < -0.3 is 5.32 Å². The molecule has 1 amide bonds. The van der Waals surface area contributed by atoms with Gasteiger partial charge in [-0.15, -0.1) is 0 Å². The third kappa shape index (κ3) is 4.80. The van der Waals surface area contributed by atoms with E-state index in [1.54, 1.807) is 18.2 Å². The first-order valence-electron chi connectivity index (χ1n) is 7.79. The van der Waals surface area contributed by atoms with Gasteiger partial charge in [0.15, 0.2) is 10.9 Å². The number of carbonyl (C=O) groups excluding carboxylic acids is 1. The van der Waals surface area contributed by atoms with E-state index in [1.165, 1.54) is 30.1 Å². The lowest BCUT2D eigenvalue weighted by molar-refractivity contribution is 0.102. The summed E-state index contributed by atoms with van der Waals surface area (Å²) in [5.41, 5.74) is 2.75. The molecule has 1 N–H and O–H groups in total. The average molecular weight is 388 g/mol. The van der Waals surface area contributed by atoms with Crippen molar-refractivity contribution < 1.29 is 9.18 Å². The second-order valence-corrected chi connectivity index (χ2v) is 6.94. The topological polar surface area (TPSA) is 54.9 Å². The molecule has 0 atom stereocenters. The van der Waals surface area contributed by atoms with E-state index in [4.69, 9.17) is 11.6 Å². The van der Waals surface area contributed by atoms with E-state index in [0.29, 0.717) is 16.6 Å². The quantitative estimate of drug-likeness (QED) is 0.487. The van der Waals surface area contributed by atoms with Crippen molar-refractivity contribution in [1.82, 2.24) is 9.97 Å². The number of rotatable bonds is 5. The van der Waals surface area contributed by atoms with Crippen LogP contribution in [0, 0.1) is 12.7 Å². The second kappa shape index (κ2) is 8.29. The van der Waals surface area contributed by atoms with Crippen LogP contribution in [0.4, 0.5) is 10.1 Å². The number of aromatic nitrogens is 2. The summed E-state index contributed by atoms with van der Waals surface area (Å²) in [7, 11) is 0. The van der Waals surface area contributed by atoms with Crippen LogP contribution in [0.5, 0.6) is 0 Å². The van der Waals surface area contributed by atoms with Gasteiger partial charge >= 0.3 is 0 Å². The molecule has 0 unspecified atom stereocenters. The SMILES string of the molecule is Cc1cccc(NC(=O)c2nc(SCc3ccc(F)cc3)ncc2Cl)c1. The first-order chi connectivity index (χ1) is 12.5. The fourth-order valence-electron chi connectivity index (χ4n) is 2.22. The van der Waals surface area contributed by atoms with Gasteiger partial charge in [0.1, 0.15) is 5.82 Å². The fraction of sp³-hybridized carbons (Fsp3) is 0.105. The van der Waals surface area contributed by atoms with Crippen molar-refractivity contribution in [3.63, 3.8) is 0 Å². The van der Waals surface area contributed by atoms with E-state index in [2.05, 4.69) is 15.3 Å². The molecule has 0 aliphatic rings. The van der Waals surface area contributed by atoms with Gasteiger partial charge in [0.25, 0.3) is 5.91 Å². The molecule has 3 aromatic rings. The normalized spacial score (nSPS) is 10.6. The highest BCUT2D eigenvalue weighted by Gasteiger charge is 2.15. The van der Waals surface area contributed by atoms with E-state index in [1.807, 2.05) is 25.1 Å². The van der Waals surface area contributed by atoms with Gasteiger partial charge in [-0.25, -0.2) is 14.4 Å². The number of hydrogen-bond donors (Lipinski definition) is 1. The van der Waals surface area contributed by atoms with Gasteiger partial charge in [-0.3, -0.25) is 4.79 Å². The maximum atomic E-state index is 12.9. The molecule has 0 aliphatic heterocycles. The summed E-state index contributed by atoms with van der Waals surface area (Å²) in [5, 5.41) is 3.39. The molecule has 1 aromatic heterocycles. The minimum absolute atomic E-state index is 0.116. The van der Waals surface area contributed by atoms with Crippen LogP contribution in [-0.2, 0) is 5.75 Å². The number of halogens is 2. The van der Waals surface area contributed by atoms with E-state index in [0.717, 1.165) is 11.1 Å². The minimum atomic E-state index is -0.397.